The number of piperidine rings is 1. The monoisotopic (exact) mass is 618 g/mol. The van der Waals surface area contributed by atoms with Gasteiger partial charge >= 0.3 is 18.1 Å². The zero-order chi connectivity index (χ0) is 30.8. The van der Waals surface area contributed by atoms with E-state index in [1.807, 2.05) is 18.2 Å². The number of hydrogen-bond donors (Lipinski definition) is 0. The molecule has 0 aromatic heterocycles. The maximum atomic E-state index is 15.2. The van der Waals surface area contributed by atoms with E-state index in [-0.39, 0.29) is 17.8 Å². The van der Waals surface area contributed by atoms with Crippen molar-refractivity contribution in [2.45, 2.75) is 50.4 Å². The Morgan fingerprint density at radius 2 is 1.71 bits per heavy atom. The summed E-state index contributed by atoms with van der Waals surface area (Å²) in [6.45, 7) is 1.90. The molecule has 0 unspecified atom stereocenters. The number of sulfonamides is 1. The van der Waals surface area contributed by atoms with Crippen molar-refractivity contribution in [3.8, 4) is 17.2 Å². The third kappa shape index (κ3) is 7.43. The average molecular weight is 619 g/mol. The highest BCUT2D eigenvalue weighted by Crippen LogP contribution is 2.46. The first-order valence-electron chi connectivity index (χ1n) is 13.0. The number of nitrogens with zero attached hydrogens (tertiary/aromatic N) is 2. The first-order valence-corrected chi connectivity index (χ1v) is 14.8. The topological polar surface area (TPSA) is 112 Å². The van der Waals surface area contributed by atoms with Gasteiger partial charge in [0.05, 0.1) is 26.0 Å². The third-order valence-corrected chi connectivity index (χ3v) is 7.66. The van der Waals surface area contributed by atoms with Gasteiger partial charge in [-0.2, -0.15) is 13.2 Å². The second-order valence-corrected chi connectivity index (χ2v) is 11.9. The highest BCUT2D eigenvalue weighted by atomic mass is 32.2. The van der Waals surface area contributed by atoms with Crippen LogP contribution in [0, 0.1) is 5.82 Å². The first kappa shape index (κ1) is 31.3. The maximum Gasteiger partial charge on any atom is 0.493 e. The van der Waals surface area contributed by atoms with Gasteiger partial charge in [-0.25, -0.2) is 17.6 Å². The average Bonchev–Trinajstić information content (AvgIpc) is 3.76. The number of alkyl halides is 3. The van der Waals surface area contributed by atoms with E-state index in [1.165, 1.54) is 0 Å². The zero-order valence-corrected chi connectivity index (χ0v) is 23.9. The standard InChI is InChI=1S/C27H30F4N2O8S/c1-38-22-9-6-16(11-24(22)39-2)14-32-10-4-5-18(15-32)40-23-13-21(28)20(12-19(23)17-7-8-17)25(34)33(42(3,36)37)41-26(35)27(29,30)31/h6,9,11-13,17-18H,4-5,7-8,10,14-15H2,1-3H3/t18-/m1/s1. The van der Waals surface area contributed by atoms with Gasteiger partial charge in [-0.15, -0.1) is 0 Å². The summed E-state index contributed by atoms with van der Waals surface area (Å²) in [7, 11) is -1.75. The number of amides is 1. The minimum atomic E-state index is -5.59. The summed E-state index contributed by atoms with van der Waals surface area (Å²) in [5, 5.41) is 0. The molecule has 0 N–H and O–H groups in total. The second kappa shape index (κ2) is 12.3. The molecule has 230 valence electrons. The molecule has 2 aromatic rings. The quantitative estimate of drug-likeness (QED) is 0.302. The van der Waals surface area contributed by atoms with E-state index in [2.05, 4.69) is 9.74 Å². The number of hydroxylamine groups is 1. The Labute approximate surface area is 240 Å². The molecule has 0 spiro atoms. The summed E-state index contributed by atoms with van der Waals surface area (Å²) < 4.78 is 93.4. The molecule has 2 fully saturated rings. The molecular weight excluding hydrogens is 588 g/mol. The molecular formula is C27H30F4N2O8S. The van der Waals surface area contributed by atoms with Crippen molar-refractivity contribution < 1.29 is 54.6 Å². The van der Waals surface area contributed by atoms with Crippen LogP contribution in [0.2, 0.25) is 0 Å². The molecule has 1 aliphatic carbocycles. The zero-order valence-electron chi connectivity index (χ0n) is 23.1. The summed E-state index contributed by atoms with van der Waals surface area (Å²) in [5.41, 5.74) is 0.526. The van der Waals surface area contributed by atoms with E-state index in [0.717, 1.165) is 30.7 Å². The van der Waals surface area contributed by atoms with Crippen LogP contribution >= 0.6 is 0 Å². The lowest BCUT2D eigenvalue weighted by atomic mass is 10.0. The molecule has 1 heterocycles. The number of ether oxygens (including phenoxy) is 3. The van der Waals surface area contributed by atoms with E-state index >= 15 is 4.39 Å². The Hall–Kier alpha value is -3.59. The lowest BCUT2D eigenvalue weighted by Crippen LogP contribution is -2.42. The highest BCUT2D eigenvalue weighted by molar-refractivity contribution is 7.88. The van der Waals surface area contributed by atoms with Crippen molar-refractivity contribution in [1.82, 2.24) is 9.37 Å². The van der Waals surface area contributed by atoms with E-state index in [4.69, 9.17) is 14.2 Å². The van der Waals surface area contributed by atoms with Crippen LogP contribution in [-0.2, 0) is 26.2 Å². The molecule has 1 saturated heterocycles. The Bertz CT molecular complexity index is 1450. The van der Waals surface area contributed by atoms with Gasteiger partial charge in [-0.3, -0.25) is 9.69 Å². The number of likely N-dealkylation sites (tertiary alicyclic amines) is 1. The Morgan fingerprint density at radius 3 is 2.31 bits per heavy atom. The SMILES string of the molecule is COc1ccc(CN2CCC[C@@H](Oc3cc(F)c(C(=O)N(OC(=O)C(F)(F)F)S(C)(=O)=O)cc3C3CC3)C2)cc1OC. The summed E-state index contributed by atoms with van der Waals surface area (Å²) >= 11 is 0. The Balaban J connectivity index is 1.53. The van der Waals surface area contributed by atoms with Crippen LogP contribution in [0.3, 0.4) is 0 Å². The number of carbonyl (C=O) groups excluding carboxylic acids is 2. The normalized spacial score (nSPS) is 17.8. The second-order valence-electron chi connectivity index (χ2n) is 10.1. The smallest absolute Gasteiger partial charge is 0.493 e. The van der Waals surface area contributed by atoms with Crippen molar-refractivity contribution in [1.29, 1.82) is 0 Å². The van der Waals surface area contributed by atoms with Gasteiger partial charge < -0.3 is 19.0 Å². The van der Waals surface area contributed by atoms with Gasteiger partial charge in [0.2, 0.25) is 0 Å². The molecule has 1 atom stereocenters. The molecule has 0 bridgehead atoms. The van der Waals surface area contributed by atoms with Gasteiger partial charge in [0.15, 0.2) is 11.5 Å². The summed E-state index contributed by atoms with van der Waals surface area (Å²) in [6.07, 6.45) is -2.74. The highest BCUT2D eigenvalue weighted by Gasteiger charge is 2.46. The van der Waals surface area contributed by atoms with Crippen molar-refractivity contribution in [2.24, 2.45) is 0 Å². The molecule has 1 amide bonds. The molecule has 0 radical (unpaired) electrons. The van der Waals surface area contributed by atoms with Gasteiger partial charge in [-0.05, 0) is 67.5 Å². The fraction of sp³-hybridized carbons (Fsp3) is 0.481. The van der Waals surface area contributed by atoms with Crippen molar-refractivity contribution in [2.75, 3.05) is 33.6 Å². The molecule has 1 saturated carbocycles. The predicted octanol–water partition coefficient (Wildman–Crippen LogP) is 4.19. The molecule has 2 aromatic carbocycles. The summed E-state index contributed by atoms with van der Waals surface area (Å²) in [4.78, 5) is 30.1. The lowest BCUT2D eigenvalue weighted by molar-refractivity contribution is -0.216. The summed E-state index contributed by atoms with van der Waals surface area (Å²) in [6, 6.07) is 7.59. The van der Waals surface area contributed by atoms with Crippen LogP contribution in [0.5, 0.6) is 17.2 Å². The fourth-order valence-electron chi connectivity index (χ4n) is 4.71. The molecule has 1 aliphatic heterocycles. The summed E-state index contributed by atoms with van der Waals surface area (Å²) in [5.74, 6) is -4.73. The van der Waals surface area contributed by atoms with Crippen LogP contribution in [0.4, 0.5) is 17.6 Å². The number of benzene rings is 2. The van der Waals surface area contributed by atoms with Crippen LogP contribution in [0.1, 0.15) is 53.1 Å². The molecule has 2 aliphatic rings. The Morgan fingerprint density at radius 1 is 1.02 bits per heavy atom. The van der Waals surface area contributed by atoms with E-state index in [0.29, 0.717) is 55.7 Å². The Kier molecular flexibility index (Phi) is 9.21. The van der Waals surface area contributed by atoms with Gasteiger partial charge in [-0.1, -0.05) is 10.5 Å². The van der Waals surface area contributed by atoms with Crippen molar-refractivity contribution in [3.05, 3.63) is 52.8 Å². The van der Waals surface area contributed by atoms with Crippen LogP contribution in [0.15, 0.2) is 30.3 Å². The van der Waals surface area contributed by atoms with Gasteiger partial charge in [0.1, 0.15) is 17.7 Å². The number of hydrogen-bond acceptors (Lipinski definition) is 9. The van der Waals surface area contributed by atoms with E-state index in [1.54, 1.807) is 14.2 Å². The van der Waals surface area contributed by atoms with Crippen LogP contribution in [0.25, 0.3) is 0 Å². The van der Waals surface area contributed by atoms with Gasteiger partial charge in [0.25, 0.3) is 10.0 Å². The van der Waals surface area contributed by atoms with Crippen molar-refractivity contribution in [3.63, 3.8) is 0 Å². The number of halogens is 4. The maximum absolute atomic E-state index is 15.2. The molecule has 42 heavy (non-hydrogen) atoms. The largest absolute Gasteiger partial charge is 0.493 e. The number of rotatable bonds is 9. The third-order valence-electron chi connectivity index (χ3n) is 6.82. The van der Waals surface area contributed by atoms with E-state index < -0.39 is 43.9 Å². The van der Waals surface area contributed by atoms with Crippen LogP contribution in [-0.4, -0.2) is 75.5 Å². The van der Waals surface area contributed by atoms with Crippen LogP contribution < -0.4 is 14.2 Å². The molecule has 4 rings (SSSR count). The molecule has 15 heteroatoms. The van der Waals surface area contributed by atoms with Gasteiger partial charge in [0, 0.05) is 19.2 Å². The number of carbonyl (C=O) groups is 2. The van der Waals surface area contributed by atoms with E-state index in [9.17, 15) is 31.2 Å². The minimum absolute atomic E-state index is 0.122. The minimum Gasteiger partial charge on any atom is -0.493 e. The number of methoxy groups -OCH3 is 2. The fourth-order valence-corrected chi connectivity index (χ4v) is 5.31. The lowest BCUT2D eigenvalue weighted by Gasteiger charge is -2.33. The van der Waals surface area contributed by atoms with Crippen molar-refractivity contribution >= 4 is 21.9 Å². The predicted molar refractivity (Wildman–Crippen MR) is 140 cm³/mol. The first-order chi connectivity index (χ1) is 19.7. The molecule has 10 nitrogen and oxygen atoms in total.